The molecule has 114 valence electrons. The van der Waals surface area contributed by atoms with E-state index in [0.717, 1.165) is 43.9 Å². The number of anilines is 1. The minimum atomic E-state index is -0.162. The van der Waals surface area contributed by atoms with Crippen LogP contribution >= 0.6 is 11.3 Å². The van der Waals surface area contributed by atoms with Crippen molar-refractivity contribution in [2.24, 2.45) is 0 Å². The second-order valence-corrected chi connectivity index (χ2v) is 6.12. The van der Waals surface area contributed by atoms with Gasteiger partial charge in [-0.05, 0) is 55.1 Å². The number of thiophene rings is 1. The Kier molecular flexibility index (Phi) is 6.21. The van der Waals surface area contributed by atoms with Crippen LogP contribution in [0, 0.1) is 5.82 Å². The van der Waals surface area contributed by atoms with Crippen LogP contribution in [0.15, 0.2) is 35.7 Å². The van der Waals surface area contributed by atoms with Crippen molar-refractivity contribution in [2.75, 3.05) is 18.0 Å². The van der Waals surface area contributed by atoms with E-state index in [1.54, 1.807) is 23.5 Å². The van der Waals surface area contributed by atoms with Crippen LogP contribution in [0.25, 0.3) is 0 Å². The normalized spacial score (nSPS) is 10.8. The highest BCUT2D eigenvalue weighted by Gasteiger charge is 2.09. The Morgan fingerprint density at radius 1 is 1.24 bits per heavy atom. The summed E-state index contributed by atoms with van der Waals surface area (Å²) in [5.41, 5.74) is 1.96. The zero-order valence-corrected chi connectivity index (χ0v) is 13.5. The molecule has 2 nitrogen and oxygen atoms in total. The highest BCUT2D eigenvalue weighted by atomic mass is 32.1. The van der Waals surface area contributed by atoms with Crippen molar-refractivity contribution in [3.8, 4) is 0 Å². The Morgan fingerprint density at radius 2 is 2.10 bits per heavy atom. The molecule has 2 rings (SSSR count). The molecule has 0 radical (unpaired) electrons. The predicted octanol–water partition coefficient (Wildman–Crippen LogP) is 4.41. The van der Waals surface area contributed by atoms with Gasteiger partial charge in [-0.1, -0.05) is 13.0 Å². The Bertz CT molecular complexity index is 540. The van der Waals surface area contributed by atoms with Gasteiger partial charge in [0.2, 0.25) is 0 Å². The van der Waals surface area contributed by atoms with Gasteiger partial charge < -0.3 is 10.2 Å². The number of benzene rings is 1. The third-order valence-corrected chi connectivity index (χ3v) is 4.23. The van der Waals surface area contributed by atoms with Crippen LogP contribution in [0.5, 0.6) is 0 Å². The van der Waals surface area contributed by atoms with E-state index in [0.29, 0.717) is 0 Å². The predicted molar refractivity (Wildman–Crippen MR) is 89.4 cm³/mol. The highest BCUT2D eigenvalue weighted by molar-refractivity contribution is 7.09. The smallest absolute Gasteiger partial charge is 0.125 e. The molecule has 0 saturated heterocycles. The second-order valence-electron chi connectivity index (χ2n) is 5.09. The molecule has 1 N–H and O–H groups in total. The van der Waals surface area contributed by atoms with Crippen molar-refractivity contribution in [1.29, 1.82) is 0 Å². The van der Waals surface area contributed by atoms with E-state index in [-0.39, 0.29) is 5.82 Å². The van der Waals surface area contributed by atoms with Crippen LogP contribution in [0.4, 0.5) is 10.1 Å². The van der Waals surface area contributed by atoms with E-state index < -0.39 is 0 Å². The first kappa shape index (κ1) is 16.0. The SMILES string of the molecule is CCCNCc1cc(F)cc(N(CC)Cc2cccs2)c1. The molecule has 0 aliphatic rings. The number of halogens is 1. The average molecular weight is 306 g/mol. The summed E-state index contributed by atoms with van der Waals surface area (Å²) in [6, 6.07) is 9.50. The molecule has 0 spiro atoms. The summed E-state index contributed by atoms with van der Waals surface area (Å²) in [6.07, 6.45) is 1.08. The maximum Gasteiger partial charge on any atom is 0.125 e. The van der Waals surface area contributed by atoms with E-state index in [2.05, 4.69) is 47.6 Å². The molecule has 21 heavy (non-hydrogen) atoms. The monoisotopic (exact) mass is 306 g/mol. The number of nitrogens with one attached hydrogen (secondary N) is 1. The van der Waals surface area contributed by atoms with Crippen LogP contribution < -0.4 is 10.2 Å². The van der Waals surface area contributed by atoms with Gasteiger partial charge in [-0.3, -0.25) is 0 Å². The Labute approximate surface area is 130 Å². The molecular weight excluding hydrogens is 283 g/mol. The minimum Gasteiger partial charge on any atom is -0.367 e. The van der Waals surface area contributed by atoms with Crippen LogP contribution in [-0.2, 0) is 13.1 Å². The fourth-order valence-corrected chi connectivity index (χ4v) is 3.02. The third kappa shape index (κ3) is 4.83. The van der Waals surface area contributed by atoms with Gasteiger partial charge in [0.1, 0.15) is 5.82 Å². The molecule has 0 unspecified atom stereocenters. The summed E-state index contributed by atoms with van der Waals surface area (Å²) in [5.74, 6) is -0.162. The Morgan fingerprint density at radius 3 is 2.76 bits per heavy atom. The molecule has 1 aromatic carbocycles. The highest BCUT2D eigenvalue weighted by Crippen LogP contribution is 2.22. The molecule has 0 amide bonds. The van der Waals surface area contributed by atoms with E-state index in [1.165, 1.54) is 4.88 Å². The van der Waals surface area contributed by atoms with Crippen molar-refractivity contribution >= 4 is 17.0 Å². The van der Waals surface area contributed by atoms with Crippen molar-refractivity contribution in [1.82, 2.24) is 5.32 Å². The van der Waals surface area contributed by atoms with Gasteiger partial charge in [0.25, 0.3) is 0 Å². The van der Waals surface area contributed by atoms with Gasteiger partial charge in [0, 0.05) is 23.7 Å². The molecule has 0 bridgehead atoms. The van der Waals surface area contributed by atoms with Crippen molar-refractivity contribution < 1.29 is 4.39 Å². The van der Waals surface area contributed by atoms with E-state index in [4.69, 9.17) is 0 Å². The van der Waals surface area contributed by atoms with Crippen LogP contribution in [0.3, 0.4) is 0 Å². The maximum atomic E-state index is 13.9. The Hall–Kier alpha value is -1.39. The molecular formula is C17H23FN2S. The summed E-state index contributed by atoms with van der Waals surface area (Å²) < 4.78 is 13.9. The van der Waals surface area contributed by atoms with Crippen LogP contribution in [0.1, 0.15) is 30.7 Å². The first-order chi connectivity index (χ1) is 10.2. The van der Waals surface area contributed by atoms with Crippen molar-refractivity contribution in [3.63, 3.8) is 0 Å². The molecule has 0 saturated carbocycles. The van der Waals surface area contributed by atoms with E-state index in [9.17, 15) is 4.39 Å². The number of nitrogens with zero attached hydrogens (tertiary/aromatic N) is 1. The molecule has 0 aliphatic carbocycles. The summed E-state index contributed by atoms with van der Waals surface area (Å²) in [6.45, 7) is 7.60. The van der Waals surface area contributed by atoms with Gasteiger partial charge in [-0.2, -0.15) is 0 Å². The molecule has 0 atom stereocenters. The lowest BCUT2D eigenvalue weighted by molar-refractivity contribution is 0.617. The minimum absolute atomic E-state index is 0.162. The fraction of sp³-hybridized carbons (Fsp3) is 0.412. The first-order valence-corrected chi connectivity index (χ1v) is 8.38. The zero-order chi connectivity index (χ0) is 15.1. The first-order valence-electron chi connectivity index (χ1n) is 7.50. The Balaban J connectivity index is 2.12. The van der Waals surface area contributed by atoms with Crippen molar-refractivity contribution in [2.45, 2.75) is 33.4 Å². The van der Waals surface area contributed by atoms with Gasteiger partial charge in [-0.25, -0.2) is 4.39 Å². The lowest BCUT2D eigenvalue weighted by Crippen LogP contribution is -2.22. The summed E-state index contributed by atoms with van der Waals surface area (Å²) in [5, 5.41) is 5.40. The summed E-state index contributed by atoms with van der Waals surface area (Å²) in [4.78, 5) is 3.50. The van der Waals surface area contributed by atoms with Crippen LogP contribution in [0.2, 0.25) is 0 Å². The van der Waals surface area contributed by atoms with Gasteiger partial charge in [0.15, 0.2) is 0 Å². The maximum absolute atomic E-state index is 13.9. The number of rotatable bonds is 8. The fourth-order valence-electron chi connectivity index (χ4n) is 2.30. The molecule has 1 aromatic heterocycles. The average Bonchev–Trinajstić information content (AvgIpc) is 2.97. The number of hydrogen-bond donors (Lipinski definition) is 1. The molecule has 0 aliphatic heterocycles. The molecule has 4 heteroatoms. The van der Waals surface area contributed by atoms with Crippen molar-refractivity contribution in [3.05, 3.63) is 52.0 Å². The van der Waals surface area contributed by atoms with Gasteiger partial charge >= 0.3 is 0 Å². The second kappa shape index (κ2) is 8.15. The standard InChI is InChI=1S/C17H23FN2S/c1-3-7-19-12-14-9-15(18)11-16(10-14)20(4-2)13-17-6-5-8-21-17/h5-6,8-11,19H,3-4,7,12-13H2,1-2H3. The van der Waals surface area contributed by atoms with Gasteiger partial charge in [0.05, 0.1) is 6.54 Å². The third-order valence-electron chi connectivity index (χ3n) is 3.37. The van der Waals surface area contributed by atoms with E-state index >= 15 is 0 Å². The number of hydrogen-bond acceptors (Lipinski definition) is 3. The molecule has 0 fully saturated rings. The zero-order valence-electron chi connectivity index (χ0n) is 12.7. The summed E-state index contributed by atoms with van der Waals surface area (Å²) in [7, 11) is 0. The van der Waals surface area contributed by atoms with E-state index in [1.807, 2.05) is 0 Å². The lowest BCUT2D eigenvalue weighted by atomic mass is 10.1. The largest absolute Gasteiger partial charge is 0.367 e. The lowest BCUT2D eigenvalue weighted by Gasteiger charge is -2.23. The quantitative estimate of drug-likeness (QED) is 0.727. The molecule has 1 heterocycles. The molecule has 2 aromatic rings. The van der Waals surface area contributed by atoms with Crippen LogP contribution in [-0.4, -0.2) is 13.1 Å². The summed E-state index contributed by atoms with van der Waals surface area (Å²) >= 11 is 1.74. The van der Waals surface area contributed by atoms with Gasteiger partial charge in [-0.15, -0.1) is 11.3 Å². The topological polar surface area (TPSA) is 15.3 Å².